The summed E-state index contributed by atoms with van der Waals surface area (Å²) in [7, 11) is -8.82. The Morgan fingerprint density at radius 2 is 0.807 bits per heavy atom. The Morgan fingerprint density at radius 1 is 0.482 bits per heavy atom. The summed E-state index contributed by atoms with van der Waals surface area (Å²) in [6, 6.07) is 44.7. The fourth-order valence-corrected chi connectivity index (χ4v) is 10.3. The molecule has 83 heavy (non-hydrogen) atoms. The van der Waals surface area contributed by atoms with Crippen LogP contribution in [0.25, 0.3) is 44.2 Å². The number of nitro benzene ring substituents is 2. The summed E-state index contributed by atoms with van der Waals surface area (Å²) in [6.45, 7) is 0. The van der Waals surface area contributed by atoms with Crippen molar-refractivity contribution in [2.24, 2.45) is 0 Å². The third-order valence-electron chi connectivity index (χ3n) is 11.1. The smallest absolute Gasteiger partial charge is 0.558 e. The minimum absolute atomic E-state index is 0. The Labute approximate surface area is 485 Å². The maximum atomic E-state index is 13.9. The predicted octanol–water partition coefficient (Wildman–Crippen LogP) is 7.39. The van der Waals surface area contributed by atoms with Gasteiger partial charge in [0, 0.05) is 46.5 Å². The molecular formula is C50H36CoN14O14S4. The van der Waals surface area contributed by atoms with E-state index in [1.165, 1.54) is 45.8 Å². The summed E-state index contributed by atoms with van der Waals surface area (Å²) < 4.78 is 47.3. The van der Waals surface area contributed by atoms with Gasteiger partial charge >= 0.3 is 16.8 Å². The fourth-order valence-electron chi connectivity index (χ4n) is 7.68. The summed E-state index contributed by atoms with van der Waals surface area (Å²) in [5.41, 5.74) is 0.999. The second kappa shape index (κ2) is 26.2. The molecule has 0 unspecified atom stereocenters. The Kier molecular flexibility index (Phi) is 19.7. The Bertz CT molecular complexity index is 4030. The summed E-state index contributed by atoms with van der Waals surface area (Å²) in [4.78, 5) is 76.7. The summed E-state index contributed by atoms with van der Waals surface area (Å²) >= 11 is 0.917. The first kappa shape index (κ1) is 62.4. The second-order valence-electron chi connectivity index (χ2n) is 16.3. The van der Waals surface area contributed by atoms with Crippen molar-refractivity contribution in [1.29, 1.82) is 0 Å². The van der Waals surface area contributed by atoms with Gasteiger partial charge in [-0.3, -0.25) is 50.0 Å². The monoisotopic (exact) mass is 1240 g/mol. The zero-order valence-electron chi connectivity index (χ0n) is 41.5. The van der Waals surface area contributed by atoms with Crippen molar-refractivity contribution in [3.05, 3.63) is 234 Å². The SMILES string of the molecule is O.O.[Co+2].[NH-]S(=O)(=O)c1nnc(NC(=O)c2nn(-c3cccc([N+](=O)[O-])c3)c(-c3ccccc3)c2C(=O)c2ccccc2)s1.[NH-]S(=O)(=O)c1nnc(NC(=O)c2nn(-c3cccc([N+](=O)[O-])c3)c(-c3ccccc3)c2C(=O)c2ccccc2)s1. The number of amides is 2. The van der Waals surface area contributed by atoms with Crippen LogP contribution >= 0.6 is 22.7 Å². The van der Waals surface area contributed by atoms with E-state index in [1.807, 2.05) is 0 Å². The summed E-state index contributed by atoms with van der Waals surface area (Å²) in [5, 5.41) is 64.4. The van der Waals surface area contributed by atoms with E-state index in [-0.39, 0.29) is 106 Å². The number of hydrogen-bond acceptors (Lipinski definition) is 20. The summed E-state index contributed by atoms with van der Waals surface area (Å²) in [6.07, 6.45) is 0. The van der Waals surface area contributed by atoms with E-state index in [1.54, 1.807) is 133 Å². The van der Waals surface area contributed by atoms with Crippen molar-refractivity contribution in [2.45, 2.75) is 8.68 Å². The molecule has 4 heterocycles. The Balaban J connectivity index is 0.000000257. The zero-order chi connectivity index (χ0) is 56.9. The van der Waals surface area contributed by atoms with Gasteiger partial charge in [-0.05, 0) is 12.1 Å². The minimum atomic E-state index is -4.41. The molecule has 0 aliphatic heterocycles. The molecule has 33 heteroatoms. The molecule has 0 saturated heterocycles. The molecule has 0 spiro atoms. The van der Waals surface area contributed by atoms with Crippen molar-refractivity contribution in [2.75, 3.05) is 10.6 Å². The van der Waals surface area contributed by atoms with Crippen LogP contribution in [0.15, 0.2) is 179 Å². The molecule has 0 bridgehead atoms. The van der Waals surface area contributed by atoms with Crippen LogP contribution in [0.2, 0.25) is 0 Å². The molecule has 10 rings (SSSR count). The van der Waals surface area contributed by atoms with Gasteiger partial charge in [-0.1, -0.05) is 156 Å². The van der Waals surface area contributed by atoms with Gasteiger partial charge in [-0.2, -0.15) is 10.2 Å². The number of anilines is 2. The molecule has 1 radical (unpaired) electrons. The standard InChI is InChI=1S/2C25H17N7O6S2.Co.2H2O/c2*26-40(37,38)25-29-28-24(39-25)27-23(34)20-19(22(33)16-10-5-2-6-11-16)21(15-8-3-1-4-9-15)31(30-20)17-12-7-13-18(14-17)32(35)36;;;/h2*1-14H,(H3,26,27,28,34,37,38);;2*1H2/q;;+2;;/p-2. The quantitative estimate of drug-likeness (QED) is 0.0412. The number of carbonyl (C=O) groups is 4. The van der Waals surface area contributed by atoms with Gasteiger partial charge in [0.2, 0.25) is 18.9 Å². The maximum Gasteiger partial charge on any atom is 2.00 e. The topological polar surface area (TPSA) is 445 Å². The van der Waals surface area contributed by atoms with Crippen LogP contribution in [-0.4, -0.2) is 101 Å². The fraction of sp³-hybridized carbons (Fsp3) is 0. The van der Waals surface area contributed by atoms with E-state index < -0.39 is 62.0 Å². The van der Waals surface area contributed by atoms with Gasteiger partial charge in [0.15, 0.2) is 23.0 Å². The third-order valence-corrected chi connectivity index (χ3v) is 15.3. The van der Waals surface area contributed by atoms with Crippen molar-refractivity contribution in [3.8, 4) is 33.9 Å². The summed E-state index contributed by atoms with van der Waals surface area (Å²) in [5.74, 6) is -2.92. The number of hydrogen-bond donors (Lipinski definition) is 2. The number of nitro groups is 2. The number of nitrogens with zero attached hydrogens (tertiary/aromatic N) is 10. The molecule has 8 N–H and O–H groups in total. The number of aromatic nitrogens is 8. The van der Waals surface area contributed by atoms with Crippen LogP contribution in [0.4, 0.5) is 21.6 Å². The number of nitrogens with one attached hydrogen (secondary N) is 4. The van der Waals surface area contributed by atoms with Gasteiger partial charge in [-0.25, -0.2) is 26.2 Å². The average Bonchev–Trinajstić information content (AvgIpc) is 3.77. The van der Waals surface area contributed by atoms with Crippen molar-refractivity contribution in [1.82, 2.24) is 40.0 Å². The van der Waals surface area contributed by atoms with E-state index in [0.29, 0.717) is 33.8 Å². The number of carbonyl (C=O) groups excluding carboxylic acids is 4. The van der Waals surface area contributed by atoms with Gasteiger partial charge < -0.3 is 21.2 Å². The Hall–Kier alpha value is -9.81. The van der Waals surface area contributed by atoms with E-state index >= 15 is 0 Å². The normalized spacial score (nSPS) is 10.8. The molecule has 28 nitrogen and oxygen atoms in total. The molecule has 423 valence electrons. The zero-order valence-corrected chi connectivity index (χ0v) is 45.8. The van der Waals surface area contributed by atoms with Crippen molar-refractivity contribution >= 4 is 87.7 Å². The first-order valence-electron chi connectivity index (χ1n) is 22.6. The maximum absolute atomic E-state index is 13.9. The van der Waals surface area contributed by atoms with Crippen LogP contribution in [0.3, 0.4) is 0 Å². The second-order valence-corrected chi connectivity index (χ2v) is 21.6. The van der Waals surface area contributed by atoms with E-state index in [0.717, 1.165) is 0 Å². The molecule has 6 aromatic carbocycles. The van der Waals surface area contributed by atoms with Gasteiger partial charge in [0.25, 0.3) is 23.2 Å². The third kappa shape index (κ3) is 13.9. The molecular weight excluding hydrogens is 1210 g/mol. The number of benzene rings is 6. The van der Waals surface area contributed by atoms with Crippen LogP contribution in [0, 0.1) is 20.2 Å². The molecule has 0 fully saturated rings. The number of rotatable bonds is 16. The Morgan fingerprint density at radius 3 is 1.11 bits per heavy atom. The van der Waals surface area contributed by atoms with Crippen molar-refractivity contribution < 1.29 is 73.6 Å². The molecule has 10 aromatic rings. The van der Waals surface area contributed by atoms with Gasteiger partial charge in [0.1, 0.15) is 20.0 Å². The first-order valence-corrected chi connectivity index (χ1v) is 27.2. The predicted molar refractivity (Wildman–Crippen MR) is 297 cm³/mol. The number of sulfonamides is 2. The molecule has 0 aliphatic carbocycles. The van der Waals surface area contributed by atoms with E-state index in [9.17, 15) is 56.2 Å². The van der Waals surface area contributed by atoms with Gasteiger partial charge in [0.05, 0.1) is 43.7 Å². The van der Waals surface area contributed by atoms with E-state index in [2.05, 4.69) is 41.2 Å². The van der Waals surface area contributed by atoms with Crippen LogP contribution in [0.1, 0.15) is 52.8 Å². The van der Waals surface area contributed by atoms with Crippen LogP contribution in [-0.2, 0) is 36.8 Å². The number of ketones is 2. The van der Waals surface area contributed by atoms with E-state index in [4.69, 9.17) is 10.3 Å². The molecule has 0 saturated carbocycles. The number of non-ortho nitro benzene ring substituents is 2. The molecule has 2 amide bonds. The first-order chi connectivity index (χ1) is 38.3. The average molecular weight is 1240 g/mol. The van der Waals surface area contributed by atoms with Crippen LogP contribution in [0.5, 0.6) is 0 Å². The molecule has 0 atom stereocenters. The van der Waals surface area contributed by atoms with Crippen LogP contribution < -0.4 is 10.6 Å². The molecule has 4 aromatic heterocycles. The van der Waals surface area contributed by atoms with Crippen molar-refractivity contribution in [3.63, 3.8) is 0 Å². The van der Waals surface area contributed by atoms with Gasteiger partial charge in [-0.15, -0.1) is 20.4 Å². The molecule has 0 aliphatic rings. The largest absolute Gasteiger partial charge is 2.00 e. The minimum Gasteiger partial charge on any atom is -0.558 e.